The third-order valence-corrected chi connectivity index (χ3v) is 21.0. The van der Waals surface area contributed by atoms with E-state index in [0.29, 0.717) is 58.6 Å². The predicted octanol–water partition coefficient (Wildman–Crippen LogP) is 7.81. The van der Waals surface area contributed by atoms with E-state index in [4.69, 9.17) is 33.7 Å². The number of benzene rings is 1. The minimum absolute atomic E-state index is 0.0949. The van der Waals surface area contributed by atoms with Crippen molar-refractivity contribution in [3.63, 3.8) is 0 Å². The minimum atomic E-state index is -2.49. The number of thioether (sulfide) groups is 4. The molecule has 1 aromatic rings. The molecule has 18 heteroatoms. The van der Waals surface area contributed by atoms with Crippen molar-refractivity contribution in [2.75, 3.05) is 34.0 Å². The molecule has 3 rings (SSSR count). The van der Waals surface area contributed by atoms with Gasteiger partial charge in [-0.25, -0.2) is 9.64 Å². The molecule has 0 radical (unpaired) electrons. The van der Waals surface area contributed by atoms with Gasteiger partial charge in [-0.2, -0.15) is 0 Å². The Labute approximate surface area is 303 Å². The van der Waals surface area contributed by atoms with Gasteiger partial charge in [-0.15, -0.1) is 0 Å². The second-order valence-electron chi connectivity index (χ2n) is 12.6. The molecule has 0 bridgehead atoms. The van der Waals surface area contributed by atoms with Crippen LogP contribution in [0.2, 0.25) is 51.9 Å². The maximum Gasteiger partial charge on any atom is 0.345 e. The van der Waals surface area contributed by atoms with Gasteiger partial charge < -0.3 is 32.5 Å². The van der Waals surface area contributed by atoms with Gasteiger partial charge in [-0.3, -0.25) is 9.59 Å². The lowest BCUT2D eigenvalue weighted by molar-refractivity contribution is -0.140. The summed E-state index contributed by atoms with van der Waals surface area (Å²) in [5.74, 6) is -0.971. The van der Waals surface area contributed by atoms with Gasteiger partial charge in [-0.05, 0) is 72.1 Å². The van der Waals surface area contributed by atoms with Crippen LogP contribution in [0.5, 0.6) is 11.5 Å². The molecule has 264 valence electrons. The smallest absolute Gasteiger partial charge is 0.345 e. The van der Waals surface area contributed by atoms with Crippen molar-refractivity contribution in [2.24, 2.45) is 0 Å². The molecule has 48 heavy (non-hydrogen) atoms. The van der Waals surface area contributed by atoms with E-state index in [1.54, 1.807) is 13.8 Å². The number of esters is 2. The highest BCUT2D eigenvalue weighted by Crippen LogP contribution is 2.68. The number of ether oxygens (including phenoxy) is 4. The fourth-order valence-electron chi connectivity index (χ4n) is 4.94. The van der Waals surface area contributed by atoms with Gasteiger partial charge in [0.25, 0.3) is 11.6 Å². The Morgan fingerprint density at radius 3 is 1.56 bits per heavy atom. The Hall–Kier alpha value is -1.83. The van der Waals surface area contributed by atoms with Gasteiger partial charge in [0.1, 0.15) is 17.1 Å². The molecule has 1 aromatic carbocycles. The van der Waals surface area contributed by atoms with Crippen molar-refractivity contribution in [1.82, 2.24) is 5.32 Å². The van der Waals surface area contributed by atoms with E-state index in [1.807, 2.05) is 0 Å². The topological polar surface area (TPSA) is 123 Å². The Morgan fingerprint density at radius 1 is 0.729 bits per heavy atom. The summed E-state index contributed by atoms with van der Waals surface area (Å²) < 4.78 is 36.2. The highest BCUT2D eigenvalue weighted by molar-refractivity contribution is 8.26. The summed E-state index contributed by atoms with van der Waals surface area (Å²) in [5.41, 5.74) is -0.209. The van der Waals surface area contributed by atoms with Gasteiger partial charge >= 0.3 is 20.5 Å². The molecule has 11 nitrogen and oxygen atoms in total. The van der Waals surface area contributed by atoms with Crippen molar-refractivity contribution in [2.45, 2.75) is 91.7 Å². The SMILES string of the molecule is [C-]#[N+]C(C(=O)OCC)=C1Sc2c(OC)c3c(c(OC)c2S1)SC(=C(C(=O)NCCC[Si](C)(O[Si](C)(C)C)O[Si](C)(C)C)C(=O)OCC)S3. The van der Waals surface area contributed by atoms with Gasteiger partial charge in [0, 0.05) is 6.54 Å². The number of nitrogens with zero attached hydrogens (tertiary/aromatic N) is 1. The van der Waals surface area contributed by atoms with Crippen LogP contribution in [-0.2, 0) is 32.1 Å². The second-order valence-corrected chi connectivity index (χ2v) is 30.0. The molecule has 0 saturated carbocycles. The second kappa shape index (κ2) is 16.9. The fourth-order valence-corrected chi connectivity index (χ4v) is 23.0. The van der Waals surface area contributed by atoms with Crippen LogP contribution in [-0.4, -0.2) is 77.0 Å². The number of hydrogen-bond donors (Lipinski definition) is 1. The van der Waals surface area contributed by atoms with E-state index in [1.165, 1.54) is 61.3 Å². The summed E-state index contributed by atoms with van der Waals surface area (Å²) in [6.07, 6.45) is 0.631. The third-order valence-electron chi connectivity index (χ3n) is 6.25. The lowest BCUT2D eigenvalue weighted by Gasteiger charge is -2.38. The van der Waals surface area contributed by atoms with E-state index in [0.717, 1.165) is 0 Å². The third kappa shape index (κ3) is 10.1. The number of methoxy groups -OCH3 is 2. The molecule has 0 aliphatic carbocycles. The zero-order valence-electron chi connectivity index (χ0n) is 29.3. The van der Waals surface area contributed by atoms with Gasteiger partial charge in [0.05, 0.1) is 62.1 Å². The van der Waals surface area contributed by atoms with Crippen LogP contribution in [0.1, 0.15) is 20.3 Å². The number of hydrogen-bond acceptors (Lipinski definition) is 13. The highest BCUT2D eigenvalue weighted by atomic mass is 32.2. The summed E-state index contributed by atoms with van der Waals surface area (Å²) >= 11 is 4.89. The molecule has 2 heterocycles. The van der Waals surface area contributed by atoms with Crippen molar-refractivity contribution in [3.05, 3.63) is 31.2 Å². The molecule has 1 N–H and O–H groups in total. The van der Waals surface area contributed by atoms with Crippen LogP contribution in [0.4, 0.5) is 0 Å². The molecule has 2 aliphatic rings. The zero-order valence-corrected chi connectivity index (χ0v) is 35.6. The number of carbonyl (C=O) groups excluding carboxylic acids is 3. The molecular formula is C30H44N2O9S4Si3. The molecule has 0 atom stereocenters. The van der Waals surface area contributed by atoms with Gasteiger partial charge in [-0.1, -0.05) is 47.0 Å². The first-order valence-electron chi connectivity index (χ1n) is 15.3. The lowest BCUT2D eigenvalue weighted by Crippen LogP contribution is -2.52. The van der Waals surface area contributed by atoms with E-state index in [-0.39, 0.29) is 24.5 Å². The van der Waals surface area contributed by atoms with Crippen LogP contribution >= 0.6 is 47.0 Å². The highest BCUT2D eigenvalue weighted by Gasteiger charge is 2.42. The number of rotatable bonds is 15. The largest absolute Gasteiger partial charge is 0.494 e. The predicted molar refractivity (Wildman–Crippen MR) is 200 cm³/mol. The van der Waals surface area contributed by atoms with Crippen LogP contribution in [0.25, 0.3) is 4.85 Å². The van der Waals surface area contributed by atoms with E-state index < -0.39 is 43.0 Å². The minimum Gasteiger partial charge on any atom is -0.494 e. The number of carbonyl (C=O) groups is 3. The Kier molecular flexibility index (Phi) is 14.3. The molecular weight excluding hydrogens is 745 g/mol. The average Bonchev–Trinajstić information content (AvgIpc) is 3.57. The fraction of sp³-hybridized carbons (Fsp3) is 0.533. The van der Waals surface area contributed by atoms with Gasteiger partial charge in [0.2, 0.25) is 0 Å². The molecule has 0 fully saturated rings. The lowest BCUT2D eigenvalue weighted by atomic mass is 10.3. The van der Waals surface area contributed by atoms with Gasteiger partial charge in [0.15, 0.2) is 16.6 Å². The molecule has 2 aliphatic heterocycles. The Bertz CT molecular complexity index is 1490. The quantitative estimate of drug-likeness (QED) is 0.0354. The van der Waals surface area contributed by atoms with Crippen molar-refractivity contribution in [3.8, 4) is 11.5 Å². The maximum absolute atomic E-state index is 13.7. The number of nitrogens with one attached hydrogen (secondary N) is 1. The number of fused-ring (bicyclic) bond motifs is 2. The molecule has 0 spiro atoms. The molecule has 0 unspecified atom stereocenters. The summed E-state index contributed by atoms with van der Waals surface area (Å²) in [4.78, 5) is 45.5. The molecule has 1 amide bonds. The summed E-state index contributed by atoms with van der Waals surface area (Å²) in [5, 5.41) is 2.93. The van der Waals surface area contributed by atoms with E-state index in [2.05, 4.69) is 56.0 Å². The van der Waals surface area contributed by atoms with Crippen LogP contribution in [0.15, 0.2) is 39.3 Å². The van der Waals surface area contributed by atoms with E-state index >= 15 is 0 Å². The summed E-state index contributed by atoms with van der Waals surface area (Å²) in [6, 6.07) is 0.708. The van der Waals surface area contributed by atoms with Crippen molar-refractivity contribution >= 4 is 90.1 Å². The number of amides is 1. The van der Waals surface area contributed by atoms with Crippen LogP contribution in [0.3, 0.4) is 0 Å². The summed E-state index contributed by atoms with van der Waals surface area (Å²) in [6.45, 7) is 26.6. The van der Waals surface area contributed by atoms with Crippen molar-refractivity contribution < 1.29 is 41.6 Å². The standard InChI is InChI=1S/C30H44N2O9S4Si3/c1-13-38-27(34)18(26(33)32-16-15-17-48(12,40-46(6,7)8)41-47(9,10)11)29-42-22-20(36-4)24-25(21(37-5)23(22)43-29)45-30(44-24)19(31-3)28(35)39-14-2/h13-17H2,1-2,4-12H3,(H,32,33). The monoisotopic (exact) mass is 788 g/mol. The first kappa shape index (κ1) is 40.6. The first-order chi connectivity index (χ1) is 22.4. The van der Waals surface area contributed by atoms with Crippen molar-refractivity contribution in [1.29, 1.82) is 0 Å². The Balaban J connectivity index is 1.93. The normalized spacial score (nSPS) is 14.1. The first-order valence-corrected chi connectivity index (χ1v) is 27.9. The summed E-state index contributed by atoms with van der Waals surface area (Å²) in [7, 11) is -3.19. The van der Waals surface area contributed by atoms with Crippen LogP contribution in [0, 0.1) is 6.57 Å². The average molecular weight is 789 g/mol. The molecule has 0 aromatic heterocycles. The molecule has 0 saturated heterocycles. The van der Waals surface area contributed by atoms with Crippen LogP contribution < -0.4 is 14.8 Å². The Morgan fingerprint density at radius 2 is 1.17 bits per heavy atom. The maximum atomic E-state index is 13.7. The zero-order chi connectivity index (χ0) is 36.0. The van der Waals surface area contributed by atoms with E-state index in [9.17, 15) is 14.4 Å².